The van der Waals surface area contributed by atoms with Gasteiger partial charge in [0.15, 0.2) is 0 Å². The van der Waals surface area contributed by atoms with Crippen LogP contribution in [-0.4, -0.2) is 39.9 Å². The van der Waals surface area contributed by atoms with E-state index in [1.807, 2.05) is 17.9 Å². The van der Waals surface area contributed by atoms with Gasteiger partial charge in [-0.15, -0.1) is 0 Å². The predicted molar refractivity (Wildman–Crippen MR) is 94.7 cm³/mol. The van der Waals surface area contributed by atoms with Gasteiger partial charge in [0.05, 0.1) is 6.04 Å². The Morgan fingerprint density at radius 2 is 2.04 bits per heavy atom. The molecule has 0 spiro atoms. The third-order valence-corrected chi connectivity index (χ3v) is 5.22. The topological polar surface area (TPSA) is 70.2 Å². The fraction of sp³-hybridized carbons (Fsp3) is 0.421. The summed E-state index contributed by atoms with van der Waals surface area (Å²) in [5.41, 5.74) is 8.33. The molecule has 0 saturated carbocycles. The fourth-order valence-electron chi connectivity index (χ4n) is 4.01. The molecule has 6 nitrogen and oxygen atoms in total. The molecular formula is C19H22FN5O. The van der Waals surface area contributed by atoms with Crippen LogP contribution in [-0.2, 0) is 0 Å². The van der Waals surface area contributed by atoms with E-state index in [2.05, 4.69) is 20.8 Å². The quantitative estimate of drug-likeness (QED) is 0.861. The van der Waals surface area contributed by atoms with E-state index in [4.69, 9.17) is 0 Å². The average Bonchev–Trinajstić information content (AvgIpc) is 3.03. The van der Waals surface area contributed by atoms with Gasteiger partial charge in [0.1, 0.15) is 17.3 Å². The van der Waals surface area contributed by atoms with Gasteiger partial charge in [0, 0.05) is 36.3 Å². The lowest BCUT2D eigenvalue weighted by molar-refractivity contribution is 0.0645. The molecule has 3 unspecified atom stereocenters. The summed E-state index contributed by atoms with van der Waals surface area (Å²) in [6.45, 7) is 4.86. The third-order valence-electron chi connectivity index (χ3n) is 5.22. The molecular weight excluding hydrogens is 333 g/mol. The van der Waals surface area contributed by atoms with E-state index in [9.17, 15) is 9.18 Å². The smallest absolute Gasteiger partial charge is 0.272 e. The number of hydrogen-bond donors (Lipinski definition) is 2. The van der Waals surface area contributed by atoms with Crippen molar-refractivity contribution in [3.63, 3.8) is 0 Å². The second-order valence-corrected chi connectivity index (χ2v) is 7.04. The number of carbonyl (C=O) groups is 1. The van der Waals surface area contributed by atoms with Crippen LogP contribution in [0.15, 0.2) is 30.3 Å². The molecule has 136 valence electrons. The molecule has 2 aromatic rings. The number of aromatic nitrogens is 2. The van der Waals surface area contributed by atoms with Gasteiger partial charge in [0.2, 0.25) is 0 Å². The Hall–Kier alpha value is -2.38. The van der Waals surface area contributed by atoms with Crippen LogP contribution in [0.25, 0.3) is 0 Å². The highest BCUT2D eigenvalue weighted by Crippen LogP contribution is 2.35. The first-order valence-electron chi connectivity index (χ1n) is 8.90. The Balaban J connectivity index is 1.56. The Labute approximate surface area is 151 Å². The number of hydrazine groups is 1. The molecule has 4 rings (SSSR count). The van der Waals surface area contributed by atoms with Crippen LogP contribution in [0.3, 0.4) is 0 Å². The lowest BCUT2D eigenvalue weighted by atomic mass is 9.85. The van der Waals surface area contributed by atoms with E-state index < -0.39 is 0 Å². The van der Waals surface area contributed by atoms with E-state index in [-0.39, 0.29) is 29.7 Å². The van der Waals surface area contributed by atoms with Crippen LogP contribution < -0.4 is 10.9 Å². The molecule has 3 heterocycles. The maximum Gasteiger partial charge on any atom is 0.272 e. The van der Waals surface area contributed by atoms with Gasteiger partial charge >= 0.3 is 0 Å². The minimum Gasteiger partial charge on any atom is -0.337 e. The fourth-order valence-corrected chi connectivity index (χ4v) is 4.01. The van der Waals surface area contributed by atoms with Crippen molar-refractivity contribution in [1.82, 2.24) is 25.7 Å². The number of hydrogen-bond acceptors (Lipinski definition) is 5. The van der Waals surface area contributed by atoms with E-state index in [0.717, 1.165) is 12.1 Å². The Morgan fingerprint density at radius 3 is 2.81 bits per heavy atom. The Bertz CT molecular complexity index is 822. The van der Waals surface area contributed by atoms with Gasteiger partial charge in [-0.05, 0) is 32.4 Å². The molecule has 7 heteroatoms. The van der Waals surface area contributed by atoms with Gasteiger partial charge < -0.3 is 4.90 Å². The van der Waals surface area contributed by atoms with Crippen molar-refractivity contribution in [1.29, 1.82) is 0 Å². The molecule has 26 heavy (non-hydrogen) atoms. The number of piperidine rings is 1. The predicted octanol–water partition coefficient (Wildman–Crippen LogP) is 1.91. The highest BCUT2D eigenvalue weighted by Gasteiger charge is 2.42. The number of rotatable bonds is 2. The van der Waals surface area contributed by atoms with Crippen molar-refractivity contribution in [3.05, 3.63) is 58.9 Å². The van der Waals surface area contributed by atoms with Crippen LogP contribution in [0.2, 0.25) is 0 Å². The van der Waals surface area contributed by atoms with Crippen LogP contribution >= 0.6 is 0 Å². The molecule has 2 aliphatic rings. The van der Waals surface area contributed by atoms with Crippen molar-refractivity contribution < 1.29 is 9.18 Å². The molecule has 1 aromatic heterocycles. The van der Waals surface area contributed by atoms with E-state index in [0.29, 0.717) is 30.2 Å². The maximum absolute atomic E-state index is 14.2. The monoisotopic (exact) mass is 355 g/mol. The van der Waals surface area contributed by atoms with Crippen LogP contribution in [0, 0.1) is 25.6 Å². The summed E-state index contributed by atoms with van der Waals surface area (Å²) in [6.07, 6.45) is 0.817. The molecule has 2 saturated heterocycles. The van der Waals surface area contributed by atoms with Gasteiger partial charge in [-0.1, -0.05) is 18.2 Å². The molecule has 1 amide bonds. The number of nitrogens with one attached hydrogen (secondary N) is 2. The summed E-state index contributed by atoms with van der Waals surface area (Å²) >= 11 is 0. The number of likely N-dealkylation sites (tertiary alicyclic amines) is 1. The van der Waals surface area contributed by atoms with Crippen molar-refractivity contribution in [3.8, 4) is 0 Å². The first-order valence-corrected chi connectivity index (χ1v) is 8.90. The van der Waals surface area contributed by atoms with Crippen molar-refractivity contribution in [2.75, 3.05) is 13.1 Å². The molecule has 2 aliphatic heterocycles. The number of nitrogens with zero attached hydrogens (tertiary/aromatic N) is 3. The molecule has 2 fully saturated rings. The van der Waals surface area contributed by atoms with E-state index in [1.54, 1.807) is 25.1 Å². The van der Waals surface area contributed by atoms with E-state index in [1.165, 1.54) is 6.07 Å². The molecule has 3 atom stereocenters. The molecule has 0 aliphatic carbocycles. The second-order valence-electron chi connectivity index (χ2n) is 7.04. The highest BCUT2D eigenvalue weighted by atomic mass is 19.1. The third kappa shape index (κ3) is 3.08. The molecule has 0 radical (unpaired) electrons. The number of aryl methyl sites for hydroxylation is 2. The zero-order chi connectivity index (χ0) is 18.3. The van der Waals surface area contributed by atoms with Gasteiger partial charge in [-0.3, -0.25) is 10.2 Å². The summed E-state index contributed by atoms with van der Waals surface area (Å²) in [7, 11) is 0. The summed E-state index contributed by atoms with van der Waals surface area (Å²) in [4.78, 5) is 23.3. The normalized spacial score (nSPS) is 25.2. The van der Waals surface area contributed by atoms with Crippen LogP contribution in [0.4, 0.5) is 4.39 Å². The zero-order valence-electron chi connectivity index (χ0n) is 14.9. The number of benzene rings is 1. The van der Waals surface area contributed by atoms with Crippen LogP contribution in [0.5, 0.6) is 0 Å². The molecule has 2 N–H and O–H groups in total. The molecule has 0 bridgehead atoms. The number of amides is 1. The SMILES string of the molecule is Cc1cc(C(=O)N2CCC3NNC(c4ccccc4F)C3C2)nc(C)n1. The zero-order valence-corrected chi connectivity index (χ0v) is 14.9. The largest absolute Gasteiger partial charge is 0.337 e. The summed E-state index contributed by atoms with van der Waals surface area (Å²) in [5.74, 6) is 0.388. The number of fused-ring (bicyclic) bond motifs is 1. The summed E-state index contributed by atoms with van der Waals surface area (Å²) in [6, 6.07) is 8.59. The van der Waals surface area contributed by atoms with Crippen molar-refractivity contribution >= 4 is 5.91 Å². The van der Waals surface area contributed by atoms with Crippen LogP contribution in [0.1, 0.15) is 40.0 Å². The minimum atomic E-state index is -0.224. The number of carbonyl (C=O) groups excluding carboxylic acids is 1. The van der Waals surface area contributed by atoms with Crippen molar-refractivity contribution in [2.45, 2.75) is 32.4 Å². The van der Waals surface area contributed by atoms with Gasteiger partial charge in [-0.2, -0.15) is 0 Å². The maximum atomic E-state index is 14.2. The second kappa shape index (κ2) is 6.74. The Morgan fingerprint density at radius 1 is 1.23 bits per heavy atom. The first kappa shape index (κ1) is 17.1. The highest BCUT2D eigenvalue weighted by molar-refractivity contribution is 5.92. The van der Waals surface area contributed by atoms with Crippen molar-refractivity contribution in [2.24, 2.45) is 5.92 Å². The molecule has 1 aromatic carbocycles. The standard InChI is InChI=1S/C19H22FN5O/c1-11-9-17(22-12(2)21-11)19(26)25-8-7-16-14(10-25)18(24-23-16)13-5-3-4-6-15(13)20/h3-6,9,14,16,18,23-24H,7-8,10H2,1-2H3. The average molecular weight is 355 g/mol. The summed E-state index contributed by atoms with van der Waals surface area (Å²) in [5, 5.41) is 0. The summed E-state index contributed by atoms with van der Waals surface area (Å²) < 4.78 is 14.2. The first-order chi connectivity index (χ1) is 12.5. The van der Waals surface area contributed by atoms with Gasteiger partial charge in [-0.25, -0.2) is 19.8 Å². The lowest BCUT2D eigenvalue weighted by Crippen LogP contribution is -2.48. The Kier molecular flexibility index (Phi) is 4.42. The minimum absolute atomic E-state index is 0.0868. The lowest BCUT2D eigenvalue weighted by Gasteiger charge is -2.36. The van der Waals surface area contributed by atoms with E-state index >= 15 is 0 Å². The number of halogens is 1. The van der Waals surface area contributed by atoms with Gasteiger partial charge in [0.25, 0.3) is 5.91 Å².